The summed E-state index contributed by atoms with van der Waals surface area (Å²) in [5.41, 5.74) is 0.876. The summed E-state index contributed by atoms with van der Waals surface area (Å²) in [4.78, 5) is 6.77. The van der Waals surface area contributed by atoms with Crippen LogP contribution in [0.5, 0.6) is 0 Å². The van der Waals surface area contributed by atoms with Crippen LogP contribution < -0.4 is 15.7 Å². The van der Waals surface area contributed by atoms with E-state index in [1.165, 1.54) is 0 Å². The van der Waals surface area contributed by atoms with E-state index in [0.717, 1.165) is 31.0 Å². The van der Waals surface area contributed by atoms with E-state index in [0.29, 0.717) is 11.0 Å². The quantitative estimate of drug-likeness (QED) is 0.503. The molecule has 8 heteroatoms. The van der Waals surface area contributed by atoms with Gasteiger partial charge in [-0.2, -0.15) is 0 Å². The van der Waals surface area contributed by atoms with E-state index in [1.807, 2.05) is 30.3 Å². The van der Waals surface area contributed by atoms with Crippen LogP contribution in [0.2, 0.25) is 0 Å². The van der Waals surface area contributed by atoms with Gasteiger partial charge >= 0.3 is 7.12 Å². The maximum atomic E-state index is 10.7. The lowest BCUT2D eigenvalue weighted by Crippen LogP contribution is -2.53. The molecule has 1 aliphatic rings. The van der Waals surface area contributed by atoms with Crippen LogP contribution in [0.1, 0.15) is 45.0 Å². The predicted molar refractivity (Wildman–Crippen MR) is 119 cm³/mol. The Morgan fingerprint density at radius 2 is 2.00 bits per heavy atom. The Balaban J connectivity index is 1.88. The van der Waals surface area contributed by atoms with Gasteiger partial charge in [0, 0.05) is 31.5 Å². The van der Waals surface area contributed by atoms with E-state index in [4.69, 9.17) is 4.65 Å². The molecule has 1 aromatic carbocycles. The van der Waals surface area contributed by atoms with E-state index in [9.17, 15) is 15.2 Å². The fraction of sp³-hybridized carbons (Fsp3) is 0.500. The van der Waals surface area contributed by atoms with Crippen LogP contribution >= 0.6 is 0 Å². The lowest BCUT2D eigenvalue weighted by atomic mass is 9.74. The van der Waals surface area contributed by atoms with Crippen molar-refractivity contribution in [2.75, 3.05) is 24.5 Å². The van der Waals surface area contributed by atoms with Crippen molar-refractivity contribution in [3.05, 3.63) is 53.9 Å². The molecule has 0 spiro atoms. The van der Waals surface area contributed by atoms with Crippen molar-refractivity contribution in [2.24, 2.45) is 0 Å². The highest BCUT2D eigenvalue weighted by atomic mass is 16.5. The summed E-state index contributed by atoms with van der Waals surface area (Å²) in [5, 5.41) is 34.4. The van der Waals surface area contributed by atoms with E-state index in [-0.39, 0.29) is 12.6 Å². The summed E-state index contributed by atoms with van der Waals surface area (Å²) in [6.45, 7) is 8.92. The Morgan fingerprint density at radius 1 is 1.23 bits per heavy atom. The third-order valence-electron chi connectivity index (χ3n) is 6.05. The molecular weight excluding hydrogens is 381 g/mol. The first kappa shape index (κ1) is 22.7. The van der Waals surface area contributed by atoms with Gasteiger partial charge in [-0.15, -0.1) is 0 Å². The highest BCUT2D eigenvalue weighted by molar-refractivity contribution is 6.60. The number of pyridine rings is 1. The van der Waals surface area contributed by atoms with Crippen molar-refractivity contribution in [1.29, 1.82) is 0 Å². The fourth-order valence-corrected chi connectivity index (χ4v) is 3.49. The maximum absolute atomic E-state index is 10.7. The third-order valence-corrected chi connectivity index (χ3v) is 6.05. The summed E-state index contributed by atoms with van der Waals surface area (Å²) in [6.07, 6.45) is 1.79. The molecule has 0 radical (unpaired) electrons. The number of aliphatic hydroxyl groups is 2. The van der Waals surface area contributed by atoms with Gasteiger partial charge in [0.15, 0.2) is 0 Å². The van der Waals surface area contributed by atoms with Gasteiger partial charge in [-0.1, -0.05) is 12.1 Å². The highest BCUT2D eigenvalue weighted by Gasteiger charge is 2.40. The van der Waals surface area contributed by atoms with Crippen LogP contribution in [0.3, 0.4) is 0 Å². The molecular formula is C22H32BN3O4. The SMILES string of the molecule is CC(C)(O)C(C)(C)OB(O)c1ccc(N2CCNCC2c2ccccn2)cc1CO. The largest absolute Gasteiger partial charge is 0.492 e. The molecule has 7 nitrogen and oxygen atoms in total. The zero-order valence-corrected chi connectivity index (χ0v) is 18.2. The lowest BCUT2D eigenvalue weighted by molar-refractivity contribution is -0.0983. The van der Waals surface area contributed by atoms with Gasteiger partial charge < -0.3 is 30.1 Å². The second-order valence-corrected chi connectivity index (χ2v) is 8.75. The van der Waals surface area contributed by atoms with Crippen LogP contribution in [-0.2, 0) is 11.3 Å². The van der Waals surface area contributed by atoms with Crippen LogP contribution in [-0.4, -0.2) is 58.2 Å². The number of nitrogens with one attached hydrogen (secondary N) is 1. The van der Waals surface area contributed by atoms with Crippen molar-refractivity contribution in [3.63, 3.8) is 0 Å². The van der Waals surface area contributed by atoms with Gasteiger partial charge in [0.1, 0.15) is 0 Å². The number of benzene rings is 1. The van der Waals surface area contributed by atoms with Crippen LogP contribution in [0.25, 0.3) is 0 Å². The third kappa shape index (κ3) is 4.84. The minimum Gasteiger partial charge on any atom is -0.423 e. The number of piperazine rings is 1. The topological polar surface area (TPSA) is 98.1 Å². The van der Waals surface area contributed by atoms with Crippen LogP contribution in [0.4, 0.5) is 5.69 Å². The fourth-order valence-electron chi connectivity index (χ4n) is 3.49. The van der Waals surface area contributed by atoms with Gasteiger partial charge in [-0.05, 0) is 63.0 Å². The van der Waals surface area contributed by atoms with Crippen LogP contribution in [0.15, 0.2) is 42.6 Å². The molecule has 2 heterocycles. The van der Waals surface area contributed by atoms with Gasteiger partial charge in [0.05, 0.1) is 29.5 Å². The molecule has 1 aliphatic heterocycles. The average Bonchev–Trinajstić information content (AvgIpc) is 2.72. The van der Waals surface area contributed by atoms with Gasteiger partial charge in [-0.25, -0.2) is 0 Å². The van der Waals surface area contributed by atoms with Crippen molar-refractivity contribution in [3.8, 4) is 0 Å². The molecule has 2 aromatic rings. The Bertz CT molecular complexity index is 842. The number of nitrogens with zero attached hydrogens (tertiary/aromatic N) is 2. The highest BCUT2D eigenvalue weighted by Crippen LogP contribution is 2.29. The Hall–Kier alpha value is -1.97. The summed E-state index contributed by atoms with van der Waals surface area (Å²) >= 11 is 0. The molecule has 4 N–H and O–H groups in total. The van der Waals surface area contributed by atoms with Gasteiger partial charge in [0.25, 0.3) is 0 Å². The number of aliphatic hydroxyl groups excluding tert-OH is 1. The molecule has 3 rings (SSSR count). The molecule has 1 aromatic heterocycles. The van der Waals surface area contributed by atoms with E-state index in [2.05, 4.69) is 15.2 Å². The molecule has 0 bridgehead atoms. The standard InChI is InChI=1S/C22H32BN3O4/c1-21(2,28)22(3,4)30-23(29)18-9-8-17(13-16(18)15-27)26-12-11-24-14-20(26)19-7-5-6-10-25-19/h5-10,13,20,24,27-29H,11-12,14-15H2,1-4H3. The second kappa shape index (κ2) is 9.04. The molecule has 1 atom stereocenters. The van der Waals surface area contributed by atoms with E-state index >= 15 is 0 Å². The van der Waals surface area contributed by atoms with Crippen molar-refractivity contribution in [1.82, 2.24) is 10.3 Å². The predicted octanol–water partition coefficient (Wildman–Crippen LogP) is 0.978. The number of rotatable bonds is 7. The molecule has 0 amide bonds. The summed E-state index contributed by atoms with van der Waals surface area (Å²) in [6, 6.07) is 11.6. The molecule has 1 unspecified atom stereocenters. The normalized spacial score (nSPS) is 17.8. The zero-order valence-electron chi connectivity index (χ0n) is 18.2. The molecule has 0 aliphatic carbocycles. The van der Waals surface area contributed by atoms with E-state index < -0.39 is 18.3 Å². The first-order valence-electron chi connectivity index (χ1n) is 10.3. The minimum atomic E-state index is -1.27. The summed E-state index contributed by atoms with van der Waals surface area (Å²) in [7, 11) is -1.27. The Labute approximate surface area is 178 Å². The zero-order chi connectivity index (χ0) is 21.9. The van der Waals surface area contributed by atoms with Gasteiger partial charge in [-0.3, -0.25) is 4.98 Å². The molecule has 1 fully saturated rings. The average molecular weight is 413 g/mol. The summed E-state index contributed by atoms with van der Waals surface area (Å²) < 4.78 is 5.77. The van der Waals surface area contributed by atoms with Crippen molar-refractivity contribution < 1.29 is 19.9 Å². The Morgan fingerprint density at radius 3 is 2.63 bits per heavy atom. The Kier molecular flexibility index (Phi) is 6.84. The number of aromatic nitrogens is 1. The van der Waals surface area contributed by atoms with Crippen LogP contribution in [0, 0.1) is 0 Å². The van der Waals surface area contributed by atoms with Crippen molar-refractivity contribution in [2.45, 2.75) is 51.5 Å². The molecule has 30 heavy (non-hydrogen) atoms. The number of anilines is 1. The monoisotopic (exact) mass is 413 g/mol. The first-order chi connectivity index (χ1) is 14.1. The smallest absolute Gasteiger partial charge is 0.423 e. The minimum absolute atomic E-state index is 0.0765. The second-order valence-electron chi connectivity index (χ2n) is 8.75. The van der Waals surface area contributed by atoms with Crippen molar-refractivity contribution >= 4 is 18.3 Å². The van der Waals surface area contributed by atoms with E-state index in [1.54, 1.807) is 40.0 Å². The molecule has 1 saturated heterocycles. The summed E-state index contributed by atoms with van der Waals surface area (Å²) in [5.74, 6) is 0. The maximum Gasteiger partial charge on any atom is 0.492 e. The number of hydrogen-bond donors (Lipinski definition) is 4. The molecule has 162 valence electrons. The molecule has 0 saturated carbocycles. The number of hydrogen-bond acceptors (Lipinski definition) is 7. The lowest BCUT2D eigenvalue weighted by Gasteiger charge is -2.39. The van der Waals surface area contributed by atoms with Gasteiger partial charge in [0.2, 0.25) is 0 Å². The first-order valence-corrected chi connectivity index (χ1v) is 10.3.